The zero-order valence-electron chi connectivity index (χ0n) is 10.0. The van der Waals surface area contributed by atoms with Gasteiger partial charge in [-0.25, -0.2) is 9.78 Å². The highest BCUT2D eigenvalue weighted by molar-refractivity contribution is 6.08. The van der Waals surface area contributed by atoms with Crippen molar-refractivity contribution in [2.75, 3.05) is 7.05 Å². The van der Waals surface area contributed by atoms with Crippen molar-refractivity contribution in [1.29, 1.82) is 0 Å². The number of carbonyl (C=O) groups excluding carboxylic acids is 1. The van der Waals surface area contributed by atoms with Crippen LogP contribution < -0.4 is 10.6 Å². The first-order valence-corrected chi connectivity index (χ1v) is 5.64. The molecule has 0 spiro atoms. The van der Waals surface area contributed by atoms with Gasteiger partial charge in [-0.15, -0.1) is 0 Å². The largest absolute Gasteiger partial charge is 0.341 e. The van der Waals surface area contributed by atoms with Crippen LogP contribution in [0.2, 0.25) is 0 Å². The number of aromatic nitrogens is 2. The molecule has 0 radical (unpaired) electrons. The zero-order valence-corrected chi connectivity index (χ0v) is 10.0. The van der Waals surface area contributed by atoms with E-state index < -0.39 is 0 Å². The summed E-state index contributed by atoms with van der Waals surface area (Å²) < 4.78 is 1.91. The fraction of sp³-hybridized carbons (Fsp3) is 0.273. The molecule has 2 N–H and O–H groups in total. The number of amides is 2. The van der Waals surface area contributed by atoms with Crippen molar-refractivity contribution in [2.24, 2.45) is 0 Å². The van der Waals surface area contributed by atoms with Gasteiger partial charge in [-0.1, -0.05) is 17.9 Å². The lowest BCUT2D eigenvalue weighted by Gasteiger charge is -2.06. The lowest BCUT2D eigenvalue weighted by molar-refractivity contribution is 0.240. The summed E-state index contributed by atoms with van der Waals surface area (Å²) in [5, 5.41) is 5.24. The maximum absolute atomic E-state index is 11.1. The first-order chi connectivity index (χ1) is 8.24. The monoisotopic (exact) mass is 230 g/mol. The number of nitrogens with one attached hydrogen (secondary N) is 2. The van der Waals surface area contributed by atoms with Gasteiger partial charge in [0.1, 0.15) is 7.85 Å². The Labute approximate surface area is 101 Å². The molecule has 88 valence electrons. The third-order valence-corrected chi connectivity index (χ3v) is 2.73. The van der Waals surface area contributed by atoms with Crippen LogP contribution in [0.25, 0.3) is 11.0 Å². The van der Waals surface area contributed by atoms with Crippen molar-refractivity contribution in [3.8, 4) is 0 Å². The van der Waals surface area contributed by atoms with E-state index in [1.165, 1.54) is 5.56 Å². The molecule has 6 heteroatoms. The van der Waals surface area contributed by atoms with Gasteiger partial charge in [0.25, 0.3) is 0 Å². The van der Waals surface area contributed by atoms with Crippen molar-refractivity contribution in [1.82, 2.24) is 20.2 Å². The van der Waals surface area contributed by atoms with E-state index in [4.69, 9.17) is 0 Å². The molecular weight excluding hydrogens is 215 g/mol. The Morgan fingerprint density at radius 2 is 2.35 bits per heavy atom. The number of benzene rings is 1. The van der Waals surface area contributed by atoms with Gasteiger partial charge in [-0.2, -0.15) is 0 Å². The van der Waals surface area contributed by atoms with Crippen LogP contribution in [-0.2, 0) is 13.0 Å². The standard InChI is InChI=1S/C11H15BN4O/c1-13-11(17)15-7-16-6-14-9-4-8(5-12)2-3-10(9)16/h2-4,6H,5,7,12H2,1H3,(H2,13,15,17). The van der Waals surface area contributed by atoms with Gasteiger partial charge in [-0.3, -0.25) is 0 Å². The predicted molar refractivity (Wildman–Crippen MR) is 69.6 cm³/mol. The van der Waals surface area contributed by atoms with E-state index in [1.54, 1.807) is 13.4 Å². The molecule has 1 aromatic heterocycles. The van der Waals surface area contributed by atoms with Crippen molar-refractivity contribution >= 4 is 24.9 Å². The average Bonchev–Trinajstić information content (AvgIpc) is 2.77. The van der Waals surface area contributed by atoms with Crippen molar-refractivity contribution < 1.29 is 4.79 Å². The molecule has 0 saturated carbocycles. The van der Waals surface area contributed by atoms with Crippen molar-refractivity contribution in [3.05, 3.63) is 30.1 Å². The number of nitrogens with zero attached hydrogens (tertiary/aromatic N) is 2. The summed E-state index contributed by atoms with van der Waals surface area (Å²) in [5.41, 5.74) is 3.25. The Morgan fingerprint density at radius 1 is 1.53 bits per heavy atom. The number of carbonyl (C=O) groups is 1. The Morgan fingerprint density at radius 3 is 3.06 bits per heavy atom. The highest BCUT2D eigenvalue weighted by Gasteiger charge is 2.03. The number of fused-ring (bicyclic) bond motifs is 1. The van der Waals surface area contributed by atoms with E-state index in [2.05, 4.69) is 35.6 Å². The molecule has 1 heterocycles. The lowest BCUT2D eigenvalue weighted by atomic mass is 9.97. The van der Waals surface area contributed by atoms with Crippen LogP contribution in [0, 0.1) is 0 Å². The fourth-order valence-electron chi connectivity index (χ4n) is 1.70. The second kappa shape index (κ2) is 4.90. The molecule has 2 aromatic rings. The molecule has 0 bridgehead atoms. The highest BCUT2D eigenvalue weighted by Crippen LogP contribution is 2.14. The van der Waals surface area contributed by atoms with Gasteiger partial charge < -0.3 is 15.2 Å². The molecule has 0 aliphatic rings. The Bertz CT molecular complexity index is 537. The first kappa shape index (κ1) is 11.5. The summed E-state index contributed by atoms with van der Waals surface area (Å²) in [7, 11) is 3.71. The maximum Gasteiger partial charge on any atom is 0.315 e. The summed E-state index contributed by atoms with van der Waals surface area (Å²) in [6, 6.07) is 6.00. The average molecular weight is 230 g/mol. The molecule has 0 atom stereocenters. The van der Waals surface area contributed by atoms with Gasteiger partial charge in [0.15, 0.2) is 0 Å². The molecule has 2 rings (SSSR count). The molecule has 17 heavy (non-hydrogen) atoms. The molecule has 0 aliphatic heterocycles. The van der Waals surface area contributed by atoms with E-state index in [1.807, 2.05) is 10.6 Å². The molecule has 0 aliphatic carbocycles. The topological polar surface area (TPSA) is 59.0 Å². The quantitative estimate of drug-likeness (QED) is 0.732. The molecule has 1 aromatic carbocycles. The summed E-state index contributed by atoms with van der Waals surface area (Å²) >= 11 is 0. The Balaban J connectivity index is 2.21. The lowest BCUT2D eigenvalue weighted by Crippen LogP contribution is -2.33. The third-order valence-electron chi connectivity index (χ3n) is 2.73. The van der Waals surface area contributed by atoms with E-state index in [-0.39, 0.29) is 6.03 Å². The number of hydrogen-bond donors (Lipinski definition) is 2. The minimum Gasteiger partial charge on any atom is -0.341 e. The normalized spacial score (nSPS) is 10.4. The van der Waals surface area contributed by atoms with E-state index in [9.17, 15) is 4.79 Å². The van der Waals surface area contributed by atoms with Crippen molar-refractivity contribution in [2.45, 2.75) is 13.0 Å². The van der Waals surface area contributed by atoms with E-state index in [0.717, 1.165) is 17.4 Å². The zero-order chi connectivity index (χ0) is 12.3. The first-order valence-electron chi connectivity index (χ1n) is 5.64. The molecule has 0 saturated heterocycles. The Hall–Kier alpha value is -1.98. The second-order valence-corrected chi connectivity index (χ2v) is 3.80. The molecule has 2 amide bonds. The van der Waals surface area contributed by atoms with Crippen molar-refractivity contribution in [3.63, 3.8) is 0 Å². The number of imidazole rings is 1. The van der Waals surface area contributed by atoms with E-state index in [0.29, 0.717) is 6.67 Å². The number of urea groups is 1. The summed E-state index contributed by atoms with van der Waals surface area (Å²) in [6.45, 7) is 0.418. The summed E-state index contributed by atoms with van der Waals surface area (Å²) in [4.78, 5) is 15.4. The minimum atomic E-state index is -0.197. The molecule has 0 fully saturated rings. The summed E-state index contributed by atoms with van der Waals surface area (Å²) in [5.74, 6) is 0. The number of rotatable bonds is 3. The van der Waals surface area contributed by atoms with Crippen LogP contribution in [0.5, 0.6) is 0 Å². The highest BCUT2D eigenvalue weighted by atomic mass is 16.2. The van der Waals surface area contributed by atoms with Gasteiger partial charge in [-0.05, 0) is 12.1 Å². The predicted octanol–water partition coefficient (Wildman–Crippen LogP) is 0.0559. The van der Waals surface area contributed by atoms with Gasteiger partial charge in [0.05, 0.1) is 24.0 Å². The smallest absolute Gasteiger partial charge is 0.315 e. The van der Waals surface area contributed by atoms with Gasteiger partial charge in [0, 0.05) is 7.05 Å². The minimum absolute atomic E-state index is 0.197. The molecule has 0 unspecified atom stereocenters. The van der Waals surface area contributed by atoms with Crippen LogP contribution in [0.3, 0.4) is 0 Å². The van der Waals surface area contributed by atoms with Crippen LogP contribution in [0.1, 0.15) is 5.56 Å². The fourth-order valence-corrected chi connectivity index (χ4v) is 1.70. The van der Waals surface area contributed by atoms with Gasteiger partial charge in [0.2, 0.25) is 0 Å². The van der Waals surface area contributed by atoms with Crippen LogP contribution in [0.15, 0.2) is 24.5 Å². The molecule has 5 nitrogen and oxygen atoms in total. The summed E-state index contributed by atoms with van der Waals surface area (Å²) in [6.07, 6.45) is 2.74. The number of hydrogen-bond acceptors (Lipinski definition) is 2. The molecular formula is C11H15BN4O. The van der Waals surface area contributed by atoms with Crippen LogP contribution in [0.4, 0.5) is 4.79 Å². The van der Waals surface area contributed by atoms with Crippen LogP contribution >= 0.6 is 0 Å². The maximum atomic E-state index is 11.1. The second-order valence-electron chi connectivity index (χ2n) is 3.80. The SMILES string of the molecule is BCc1ccc2c(c1)ncn2CNC(=O)NC. The van der Waals surface area contributed by atoms with Crippen LogP contribution in [-0.4, -0.2) is 30.5 Å². The Kier molecular flexibility index (Phi) is 3.32. The third kappa shape index (κ3) is 2.41. The van der Waals surface area contributed by atoms with Gasteiger partial charge >= 0.3 is 6.03 Å². The van der Waals surface area contributed by atoms with E-state index >= 15 is 0 Å².